The van der Waals surface area contributed by atoms with Crippen molar-refractivity contribution in [2.45, 2.75) is 87.9 Å². The summed E-state index contributed by atoms with van der Waals surface area (Å²) in [5.41, 5.74) is 18.3. The molecule has 0 N–H and O–H groups in total. The van der Waals surface area contributed by atoms with Crippen molar-refractivity contribution in [3.63, 3.8) is 0 Å². The summed E-state index contributed by atoms with van der Waals surface area (Å²) >= 11 is 0. The molecule has 8 saturated carbocycles. The van der Waals surface area contributed by atoms with Crippen LogP contribution in [0.4, 0.5) is 17.1 Å². The fourth-order valence-corrected chi connectivity index (χ4v) is 17.2. The summed E-state index contributed by atoms with van der Waals surface area (Å²) < 4.78 is 6.64. The number of fused-ring (bicyclic) bond motifs is 11. The Morgan fingerprint density at radius 1 is 0.400 bits per heavy atom. The number of hydrogen-bond acceptors (Lipinski definition) is 2. The number of nitrogens with zero attached hydrogens (tertiary/aromatic N) is 1. The molecule has 10 aliphatic rings. The van der Waals surface area contributed by atoms with E-state index in [4.69, 9.17) is 4.42 Å². The van der Waals surface area contributed by atoms with Crippen molar-refractivity contribution in [2.24, 2.45) is 47.3 Å². The van der Waals surface area contributed by atoms with Gasteiger partial charge in [-0.2, -0.15) is 0 Å². The number of furan rings is 1. The standard InChI is InChI=1S/C58H53NO/c1-4-11-49-44(8-1)46-22-20-43(33-52(46)58(49)39-19-17-35-25-37(29-39)31-41(58)27-35)59(53-13-7-15-55-56(53)47-10-3-6-14-54(47)60-55)42-21-23-51-48(32-42)45-9-2-5-12-50(45)57(51)38-18-16-34-24-36(28-38)30-40(57)26-34/h1-15,20-23,32-41H,16-19,24-31H2. The zero-order chi connectivity index (χ0) is 38.9. The first-order chi connectivity index (χ1) is 29.7. The van der Waals surface area contributed by atoms with E-state index in [2.05, 4.69) is 132 Å². The summed E-state index contributed by atoms with van der Waals surface area (Å²) in [7, 11) is 0. The van der Waals surface area contributed by atoms with Crippen molar-refractivity contribution in [1.29, 1.82) is 0 Å². The van der Waals surface area contributed by atoms with Gasteiger partial charge in [0.05, 0.1) is 11.1 Å². The molecule has 0 saturated heterocycles. The minimum absolute atomic E-state index is 0.0921. The zero-order valence-corrected chi connectivity index (χ0v) is 34.6. The molecular weight excluding hydrogens is 727 g/mol. The Morgan fingerprint density at radius 2 is 0.950 bits per heavy atom. The lowest BCUT2D eigenvalue weighted by Crippen LogP contribution is -2.48. The molecule has 10 aliphatic carbocycles. The molecule has 2 nitrogen and oxygen atoms in total. The number of para-hydroxylation sites is 1. The van der Waals surface area contributed by atoms with Crippen LogP contribution >= 0.6 is 0 Å². The van der Waals surface area contributed by atoms with Crippen LogP contribution in [-0.2, 0) is 10.8 Å². The first-order valence-corrected chi connectivity index (χ1v) is 23.9. The highest BCUT2D eigenvalue weighted by Crippen LogP contribution is 2.70. The zero-order valence-electron chi connectivity index (χ0n) is 34.6. The van der Waals surface area contributed by atoms with Gasteiger partial charge in [-0.05, 0) is 199 Å². The second-order valence-electron chi connectivity index (χ2n) is 21.2. The van der Waals surface area contributed by atoms with Gasteiger partial charge in [-0.25, -0.2) is 0 Å². The van der Waals surface area contributed by atoms with Crippen molar-refractivity contribution in [3.05, 3.63) is 150 Å². The Hall–Kier alpha value is -5.08. The minimum atomic E-state index is 0.0921. The molecular formula is C58H53NO. The summed E-state index contributed by atoms with van der Waals surface area (Å²) in [4.78, 5) is 2.64. The molecule has 17 rings (SSSR count). The molecule has 296 valence electrons. The lowest BCUT2D eigenvalue weighted by atomic mass is 9.51. The van der Waals surface area contributed by atoms with Gasteiger partial charge in [0, 0.05) is 27.6 Å². The van der Waals surface area contributed by atoms with Crippen LogP contribution in [0.25, 0.3) is 44.2 Å². The summed E-state index contributed by atoms with van der Waals surface area (Å²) in [6, 6.07) is 50.1. The van der Waals surface area contributed by atoms with E-state index >= 15 is 0 Å². The normalized spacial score (nSPS) is 33.3. The van der Waals surface area contributed by atoms with Crippen LogP contribution in [0.2, 0.25) is 0 Å². The average molecular weight is 780 g/mol. The van der Waals surface area contributed by atoms with Crippen molar-refractivity contribution < 1.29 is 4.42 Å². The van der Waals surface area contributed by atoms with Crippen LogP contribution in [-0.4, -0.2) is 0 Å². The molecule has 1 heterocycles. The third kappa shape index (κ3) is 4.13. The summed E-state index contributed by atoms with van der Waals surface area (Å²) in [5.74, 6) is 6.56. The predicted molar refractivity (Wildman–Crippen MR) is 244 cm³/mol. The number of hydrogen-bond donors (Lipinski definition) is 0. The monoisotopic (exact) mass is 779 g/mol. The van der Waals surface area contributed by atoms with Crippen molar-refractivity contribution in [3.8, 4) is 22.3 Å². The van der Waals surface area contributed by atoms with Gasteiger partial charge < -0.3 is 9.32 Å². The van der Waals surface area contributed by atoms with E-state index in [1.807, 2.05) is 0 Å². The molecule has 8 fully saturated rings. The first kappa shape index (κ1) is 33.6. The van der Waals surface area contributed by atoms with E-state index in [0.717, 1.165) is 46.7 Å². The van der Waals surface area contributed by atoms with Crippen LogP contribution < -0.4 is 4.90 Å². The van der Waals surface area contributed by atoms with Crippen LogP contribution in [0.1, 0.15) is 99.3 Å². The highest BCUT2D eigenvalue weighted by molar-refractivity contribution is 6.13. The molecule has 8 bridgehead atoms. The SMILES string of the molecule is c1ccc2c(c1)-c1cc(N(c3ccc4c(c3)C3(c5ccccc5-4)C4CCC5CC(C4)CC3C5)c3cccc4oc5ccccc5c34)ccc1C21C2CCC3CC(C2)CC1C3. The molecule has 1 aromatic heterocycles. The molecule has 10 unspecified atom stereocenters. The summed E-state index contributed by atoms with van der Waals surface area (Å²) in [6.45, 7) is 0. The Labute approximate surface area is 354 Å². The third-order valence-corrected chi connectivity index (χ3v) is 18.8. The van der Waals surface area contributed by atoms with Gasteiger partial charge in [0.2, 0.25) is 0 Å². The largest absolute Gasteiger partial charge is 0.456 e. The topological polar surface area (TPSA) is 16.4 Å². The molecule has 0 aliphatic heterocycles. The Balaban J connectivity index is 0.980. The number of benzene rings is 6. The maximum Gasteiger partial charge on any atom is 0.137 e. The van der Waals surface area contributed by atoms with E-state index in [0.29, 0.717) is 11.8 Å². The van der Waals surface area contributed by atoms with Crippen molar-refractivity contribution in [1.82, 2.24) is 0 Å². The molecule has 2 heteroatoms. The van der Waals surface area contributed by atoms with E-state index in [-0.39, 0.29) is 10.8 Å². The van der Waals surface area contributed by atoms with Crippen LogP contribution in [0, 0.1) is 47.3 Å². The van der Waals surface area contributed by atoms with E-state index in [1.165, 1.54) is 127 Å². The second kappa shape index (κ2) is 11.8. The van der Waals surface area contributed by atoms with Gasteiger partial charge in [0.1, 0.15) is 11.2 Å². The lowest BCUT2D eigenvalue weighted by molar-refractivity contribution is 0.0617. The number of anilines is 3. The Morgan fingerprint density at radius 3 is 1.70 bits per heavy atom. The maximum atomic E-state index is 6.64. The molecule has 2 spiro atoms. The van der Waals surface area contributed by atoms with Gasteiger partial charge in [-0.3, -0.25) is 0 Å². The van der Waals surface area contributed by atoms with Crippen LogP contribution in [0.5, 0.6) is 0 Å². The third-order valence-electron chi connectivity index (χ3n) is 18.8. The molecule has 10 atom stereocenters. The molecule has 60 heavy (non-hydrogen) atoms. The number of rotatable bonds is 3. The highest BCUT2D eigenvalue weighted by atomic mass is 16.3. The average Bonchev–Trinajstić information content (AvgIpc) is 3.77. The Kier molecular flexibility index (Phi) is 6.63. The molecule has 0 radical (unpaired) electrons. The first-order valence-electron chi connectivity index (χ1n) is 23.9. The van der Waals surface area contributed by atoms with Gasteiger partial charge in [-0.1, -0.05) is 97.8 Å². The molecule has 7 aromatic rings. The second-order valence-corrected chi connectivity index (χ2v) is 21.2. The van der Waals surface area contributed by atoms with Gasteiger partial charge >= 0.3 is 0 Å². The predicted octanol–water partition coefficient (Wildman–Crippen LogP) is 15.3. The van der Waals surface area contributed by atoms with Crippen molar-refractivity contribution >= 4 is 39.0 Å². The highest BCUT2D eigenvalue weighted by Gasteiger charge is 2.61. The van der Waals surface area contributed by atoms with Crippen LogP contribution in [0.3, 0.4) is 0 Å². The summed E-state index contributed by atoms with van der Waals surface area (Å²) in [6.07, 6.45) is 17.0. The quantitative estimate of drug-likeness (QED) is 0.178. The van der Waals surface area contributed by atoms with Crippen LogP contribution in [0.15, 0.2) is 132 Å². The van der Waals surface area contributed by atoms with Crippen molar-refractivity contribution in [2.75, 3.05) is 4.90 Å². The fourth-order valence-electron chi connectivity index (χ4n) is 17.2. The van der Waals surface area contributed by atoms with E-state index in [9.17, 15) is 0 Å². The molecule has 0 amide bonds. The lowest BCUT2D eigenvalue weighted by Gasteiger charge is -2.53. The molecule has 6 aromatic carbocycles. The minimum Gasteiger partial charge on any atom is -0.456 e. The van der Waals surface area contributed by atoms with Gasteiger partial charge in [-0.15, -0.1) is 0 Å². The maximum absolute atomic E-state index is 6.64. The Bertz CT molecular complexity index is 2930. The summed E-state index contributed by atoms with van der Waals surface area (Å²) in [5, 5.41) is 2.39. The van der Waals surface area contributed by atoms with E-state index in [1.54, 1.807) is 22.3 Å². The van der Waals surface area contributed by atoms with E-state index < -0.39 is 0 Å². The van der Waals surface area contributed by atoms with Gasteiger partial charge in [0.25, 0.3) is 0 Å². The fraction of sp³-hybridized carbons (Fsp3) is 0.379. The van der Waals surface area contributed by atoms with Gasteiger partial charge in [0.15, 0.2) is 0 Å². The smallest absolute Gasteiger partial charge is 0.137 e.